The molecule has 0 aromatic heterocycles. The zero-order valence-corrected chi connectivity index (χ0v) is 34.2. The zero-order valence-electron chi connectivity index (χ0n) is 42.3. The largest absolute Gasteiger partial charge is 0.756 e. The van der Waals surface area contributed by atoms with Gasteiger partial charge in [0.05, 0.1) is 52.0 Å². The number of carbonyl (C=O) groups excluding carboxylic acids is 1. The van der Waals surface area contributed by atoms with Gasteiger partial charge in [-0.3, -0.25) is 9.36 Å². The molecule has 52 heavy (non-hydrogen) atoms. The second-order valence-corrected chi connectivity index (χ2v) is 16.0. The van der Waals surface area contributed by atoms with Gasteiger partial charge in [-0.15, -0.1) is 0 Å². The molecule has 0 aliphatic carbocycles. The molecule has 2 N–H and O–H groups in total. The average molecular weight is 766 g/mol. The third-order valence-electron chi connectivity index (χ3n) is 9.32. The third-order valence-corrected chi connectivity index (χ3v) is 10.3. The number of hydrogen-bond donors (Lipinski definition) is 2. The first-order chi connectivity index (χ1) is 28.8. The van der Waals surface area contributed by atoms with Crippen molar-refractivity contribution in [3.8, 4) is 0 Å². The summed E-state index contributed by atoms with van der Waals surface area (Å²) in [6, 6.07) is -1.19. The molecule has 1 amide bonds. The van der Waals surface area contributed by atoms with Crippen molar-refractivity contribution in [2.45, 2.75) is 206 Å². The Hall–Kier alpha value is -1.02. The van der Waals surface area contributed by atoms with Crippen molar-refractivity contribution in [3.05, 3.63) is 24.3 Å². The Kier molecular flexibility index (Phi) is 25.1. The molecule has 0 aliphatic rings. The van der Waals surface area contributed by atoms with E-state index in [0.717, 1.165) is 51.4 Å². The van der Waals surface area contributed by atoms with E-state index in [1.54, 1.807) is 6.08 Å². The molecule has 1 unspecified atom stereocenters. The number of amides is 1. The van der Waals surface area contributed by atoms with Gasteiger partial charge in [0.1, 0.15) is 13.2 Å². The monoisotopic (exact) mass is 766 g/mol. The van der Waals surface area contributed by atoms with E-state index < -0.39 is 71.0 Å². The van der Waals surface area contributed by atoms with E-state index in [-0.39, 0.29) is 6.42 Å². The minimum atomic E-state index is -5.29. The van der Waals surface area contributed by atoms with Gasteiger partial charge in [-0.05, 0) is 44.9 Å². The minimum absolute atomic E-state index is 0.167. The summed E-state index contributed by atoms with van der Waals surface area (Å²) in [5.41, 5.74) is 0. The van der Waals surface area contributed by atoms with Gasteiger partial charge in [-0.25, -0.2) is 0 Å². The van der Waals surface area contributed by atoms with Gasteiger partial charge >= 0.3 is 0 Å². The average Bonchev–Trinajstić information content (AvgIpc) is 3.16. The van der Waals surface area contributed by atoms with E-state index in [1.165, 1.54) is 115 Å². The number of allylic oxidation sites excluding steroid dienone is 3. The van der Waals surface area contributed by atoms with Crippen molar-refractivity contribution in [3.63, 3.8) is 0 Å². The number of carbonyl (C=O) groups is 1. The fourth-order valence-corrected chi connectivity index (χ4v) is 6.73. The van der Waals surface area contributed by atoms with Gasteiger partial charge in [0.25, 0.3) is 7.82 Å². The van der Waals surface area contributed by atoms with Crippen molar-refractivity contribution in [1.29, 1.82) is 0 Å². The zero-order chi connectivity index (χ0) is 46.1. The highest BCUT2D eigenvalue weighted by molar-refractivity contribution is 7.45. The molecular formula is C43H85N2O6P. The third kappa shape index (κ3) is 37.3. The Morgan fingerprint density at radius 2 is 1.12 bits per heavy atom. The lowest BCUT2D eigenvalue weighted by Crippen LogP contribution is -2.45. The lowest BCUT2D eigenvalue weighted by molar-refractivity contribution is -0.870. The molecule has 0 spiro atoms. The second-order valence-electron chi connectivity index (χ2n) is 14.6. The van der Waals surface area contributed by atoms with E-state index in [9.17, 15) is 19.4 Å². The molecule has 0 aliphatic heterocycles. The number of rotatable bonds is 39. The van der Waals surface area contributed by atoms with Crippen LogP contribution in [0.5, 0.6) is 0 Å². The molecule has 8 nitrogen and oxygen atoms in total. The number of aliphatic hydroxyl groups is 1. The molecule has 0 fully saturated rings. The van der Waals surface area contributed by atoms with Gasteiger partial charge < -0.3 is 28.8 Å². The highest BCUT2D eigenvalue weighted by atomic mass is 31.2. The fourth-order valence-electron chi connectivity index (χ4n) is 6.01. The van der Waals surface area contributed by atoms with Gasteiger partial charge in [-0.1, -0.05) is 167 Å². The van der Waals surface area contributed by atoms with Crippen LogP contribution in [0.1, 0.15) is 206 Å². The Bertz CT molecular complexity index is 1170. The summed E-state index contributed by atoms with van der Waals surface area (Å²) in [7, 11) is -5.29. The molecule has 0 rings (SSSR count). The van der Waals surface area contributed by atoms with Crippen molar-refractivity contribution < 1.29 is 45.2 Å². The van der Waals surface area contributed by atoms with E-state index in [1.807, 2.05) is 0 Å². The van der Waals surface area contributed by atoms with Crippen LogP contribution in [0.3, 0.4) is 0 Å². The predicted octanol–water partition coefficient (Wildman–Crippen LogP) is 11.1. The van der Waals surface area contributed by atoms with Crippen molar-refractivity contribution in [2.24, 2.45) is 0 Å². The summed E-state index contributed by atoms with van der Waals surface area (Å²) in [6.07, 6.45) is 37.8. The number of phosphoric ester groups is 1. The van der Waals surface area contributed by atoms with E-state index >= 15 is 0 Å². The van der Waals surface area contributed by atoms with Crippen LogP contribution in [-0.2, 0) is 18.4 Å². The highest BCUT2D eigenvalue weighted by Gasteiger charge is 2.23. The lowest BCUT2D eigenvalue weighted by atomic mass is 10.0. The molecular weight excluding hydrogens is 671 g/mol. The summed E-state index contributed by atoms with van der Waals surface area (Å²) >= 11 is 0. The SMILES string of the molecule is [2H]C([2H])([2H])[N+](CCOP(=O)([O-])OC[C@H](NC(=O)CCCCCCCCC/C=C\CCCCCCCC)[C@H](O)/C=C/CCCCCCCCCCCCC)(C([2H])([2H])[2H])C([2H])([2H])[2H]. The topological polar surface area (TPSA) is 108 Å². The van der Waals surface area contributed by atoms with Gasteiger partial charge in [-0.2, -0.15) is 0 Å². The molecule has 0 bridgehead atoms. The van der Waals surface area contributed by atoms with Crippen LogP contribution in [0.4, 0.5) is 0 Å². The molecule has 0 saturated heterocycles. The Balaban J connectivity index is 5.04. The maximum Gasteiger partial charge on any atom is 0.268 e. The molecule has 0 radical (unpaired) electrons. The number of phosphoric acid groups is 1. The van der Waals surface area contributed by atoms with Crippen LogP contribution >= 0.6 is 7.82 Å². The first kappa shape index (κ1) is 36.6. The Labute approximate surface area is 334 Å². The summed E-state index contributed by atoms with van der Waals surface area (Å²) in [4.78, 5) is 25.7. The Morgan fingerprint density at radius 3 is 1.58 bits per heavy atom. The number of quaternary nitrogens is 1. The number of nitrogens with zero attached hydrogens (tertiary/aromatic N) is 1. The van der Waals surface area contributed by atoms with E-state index in [2.05, 4.69) is 31.3 Å². The molecule has 308 valence electrons. The number of likely N-dealkylation sites (N-methyl/N-ethyl adjacent to an activating group) is 1. The fraction of sp³-hybridized carbons (Fsp3) is 0.884. The summed E-state index contributed by atoms with van der Waals surface area (Å²) in [5, 5.41) is 13.7. The van der Waals surface area contributed by atoms with Gasteiger partial charge in [0.15, 0.2) is 0 Å². The van der Waals surface area contributed by atoms with E-state index in [0.29, 0.717) is 12.8 Å². The van der Waals surface area contributed by atoms with Crippen LogP contribution < -0.4 is 10.2 Å². The van der Waals surface area contributed by atoms with Crippen molar-refractivity contribution >= 4 is 13.7 Å². The molecule has 0 heterocycles. The molecule has 0 saturated carbocycles. The number of hydrogen-bond acceptors (Lipinski definition) is 6. The minimum Gasteiger partial charge on any atom is -0.756 e. The van der Waals surface area contributed by atoms with Crippen LogP contribution in [0.25, 0.3) is 0 Å². The smallest absolute Gasteiger partial charge is 0.268 e. The summed E-state index contributed by atoms with van der Waals surface area (Å²) < 4.78 is 89.5. The second kappa shape index (κ2) is 35.7. The first-order valence-electron chi connectivity index (χ1n) is 25.5. The van der Waals surface area contributed by atoms with Crippen LogP contribution in [0.2, 0.25) is 0 Å². The van der Waals surface area contributed by atoms with E-state index in [4.69, 9.17) is 21.4 Å². The standard InChI is InChI=1S/C43H85N2O6P/c1-6-8-10-12-14-16-18-20-21-22-23-25-27-29-31-33-35-37-43(47)44-41(40-51-52(48,49)50-39-38-45(3,4)5)42(46)36-34-32-30-28-26-24-19-17-15-13-11-9-7-2/h20-21,34,36,41-42,46H,6-19,22-33,35,37-40H2,1-5H3,(H-,44,47,48,49)/b21-20-,36-34+/t41-,42+/m0/s1/i3D3,4D3,5D3. The lowest BCUT2D eigenvalue weighted by Gasteiger charge is -2.29. The highest BCUT2D eigenvalue weighted by Crippen LogP contribution is 2.38. The van der Waals surface area contributed by atoms with Gasteiger partial charge in [0, 0.05) is 6.42 Å². The first-order valence-corrected chi connectivity index (χ1v) is 22.5. The number of aliphatic hydroxyl groups excluding tert-OH is 1. The predicted molar refractivity (Wildman–Crippen MR) is 219 cm³/mol. The van der Waals surface area contributed by atoms with Crippen molar-refractivity contribution in [1.82, 2.24) is 5.32 Å². The maximum atomic E-state index is 12.9. The molecule has 9 heteroatoms. The molecule has 3 atom stereocenters. The van der Waals surface area contributed by atoms with Gasteiger partial charge in [0.2, 0.25) is 5.91 Å². The van der Waals surface area contributed by atoms with Crippen LogP contribution in [0.15, 0.2) is 24.3 Å². The maximum absolute atomic E-state index is 12.9. The number of unbranched alkanes of at least 4 members (excludes halogenated alkanes) is 24. The Morgan fingerprint density at radius 1 is 0.692 bits per heavy atom. The molecule has 0 aromatic rings. The van der Waals surface area contributed by atoms with Crippen molar-refractivity contribution in [2.75, 3.05) is 40.7 Å². The molecule has 0 aromatic carbocycles. The van der Waals surface area contributed by atoms with Crippen LogP contribution in [0, 0.1) is 0 Å². The normalized spacial score (nSPS) is 18.0. The number of nitrogens with one attached hydrogen (secondary N) is 1. The summed E-state index contributed by atoms with van der Waals surface area (Å²) in [6.45, 7) is -9.34. The summed E-state index contributed by atoms with van der Waals surface area (Å²) in [5.74, 6) is -0.393. The quantitative estimate of drug-likeness (QED) is 0.0279. The van der Waals surface area contributed by atoms with Crippen LogP contribution in [-0.4, -0.2) is 68.3 Å².